The molecule has 1 aromatic rings. The Labute approximate surface area is 124 Å². The summed E-state index contributed by atoms with van der Waals surface area (Å²) in [5.41, 5.74) is 1.43. The molecule has 5 nitrogen and oxygen atoms in total. The van der Waals surface area contributed by atoms with Crippen LogP contribution in [-0.4, -0.2) is 30.6 Å². The molecule has 5 heteroatoms. The number of hydrogen-bond acceptors (Lipinski definition) is 4. The Balaban J connectivity index is 1.77. The number of carbonyl (C=O) groups excluding carboxylic acids is 2. The number of nitrogens with one attached hydrogen (secondary N) is 1. The van der Waals surface area contributed by atoms with Crippen molar-refractivity contribution in [2.45, 2.75) is 45.4 Å². The third-order valence-electron chi connectivity index (χ3n) is 3.05. The first kappa shape index (κ1) is 15.5. The SMILES string of the molecule is CC(C)OCc1ccc(C(=O)OCC(=O)NC2CC2)cc1. The van der Waals surface area contributed by atoms with E-state index in [2.05, 4.69) is 5.32 Å². The molecule has 0 bridgehead atoms. The highest BCUT2D eigenvalue weighted by Crippen LogP contribution is 2.18. The van der Waals surface area contributed by atoms with E-state index in [1.807, 2.05) is 26.0 Å². The first-order valence-electron chi connectivity index (χ1n) is 7.21. The molecule has 1 aliphatic rings. The van der Waals surface area contributed by atoms with Crippen molar-refractivity contribution in [3.8, 4) is 0 Å². The molecule has 0 aliphatic heterocycles. The first-order valence-corrected chi connectivity index (χ1v) is 7.21. The summed E-state index contributed by atoms with van der Waals surface area (Å²) in [6.07, 6.45) is 2.19. The Morgan fingerprint density at radius 2 is 1.90 bits per heavy atom. The number of hydrogen-bond donors (Lipinski definition) is 1. The third kappa shape index (κ3) is 5.55. The van der Waals surface area contributed by atoms with Crippen molar-refractivity contribution < 1.29 is 19.1 Å². The Kier molecular flexibility index (Phi) is 5.33. The Bertz CT molecular complexity index is 492. The van der Waals surface area contributed by atoms with Crippen molar-refractivity contribution in [1.82, 2.24) is 5.32 Å². The summed E-state index contributed by atoms with van der Waals surface area (Å²) < 4.78 is 10.5. The maximum atomic E-state index is 11.8. The first-order chi connectivity index (χ1) is 10.0. The maximum absolute atomic E-state index is 11.8. The number of benzene rings is 1. The highest BCUT2D eigenvalue weighted by molar-refractivity contribution is 5.91. The number of ether oxygens (including phenoxy) is 2. The van der Waals surface area contributed by atoms with Crippen LogP contribution in [0.25, 0.3) is 0 Å². The molecule has 1 aromatic carbocycles. The van der Waals surface area contributed by atoms with Gasteiger partial charge in [0.1, 0.15) is 0 Å². The Morgan fingerprint density at radius 3 is 2.48 bits per heavy atom. The fourth-order valence-electron chi connectivity index (χ4n) is 1.71. The zero-order chi connectivity index (χ0) is 15.2. The summed E-state index contributed by atoms with van der Waals surface area (Å²) in [7, 11) is 0. The molecule has 1 saturated carbocycles. The largest absolute Gasteiger partial charge is 0.452 e. The number of esters is 1. The van der Waals surface area contributed by atoms with E-state index < -0.39 is 5.97 Å². The lowest BCUT2D eigenvalue weighted by molar-refractivity contribution is -0.124. The minimum absolute atomic E-state index is 0.166. The van der Waals surface area contributed by atoms with E-state index in [-0.39, 0.29) is 24.7 Å². The smallest absolute Gasteiger partial charge is 0.338 e. The molecule has 1 fully saturated rings. The second-order valence-corrected chi connectivity index (χ2v) is 5.47. The van der Waals surface area contributed by atoms with Crippen LogP contribution >= 0.6 is 0 Å². The number of carbonyl (C=O) groups is 2. The minimum atomic E-state index is -0.489. The normalized spacial score (nSPS) is 14.0. The lowest BCUT2D eigenvalue weighted by Gasteiger charge is -2.08. The van der Waals surface area contributed by atoms with Crippen molar-refractivity contribution in [1.29, 1.82) is 0 Å². The zero-order valence-electron chi connectivity index (χ0n) is 12.4. The standard InChI is InChI=1S/C16H21NO4/c1-11(2)20-9-12-3-5-13(6-4-12)16(19)21-10-15(18)17-14-7-8-14/h3-6,11,14H,7-10H2,1-2H3,(H,17,18). The van der Waals surface area contributed by atoms with Crippen molar-refractivity contribution >= 4 is 11.9 Å². The minimum Gasteiger partial charge on any atom is -0.452 e. The molecule has 0 radical (unpaired) electrons. The predicted octanol–water partition coefficient (Wildman–Crippen LogP) is 2.05. The molecule has 1 aliphatic carbocycles. The zero-order valence-corrected chi connectivity index (χ0v) is 12.4. The molecule has 2 rings (SSSR count). The summed E-state index contributed by atoms with van der Waals surface area (Å²) in [5.74, 6) is -0.731. The van der Waals surface area contributed by atoms with Crippen LogP contribution in [0.5, 0.6) is 0 Å². The molecule has 1 N–H and O–H groups in total. The van der Waals surface area contributed by atoms with Gasteiger partial charge in [0.2, 0.25) is 0 Å². The molecular weight excluding hydrogens is 270 g/mol. The van der Waals surface area contributed by atoms with Gasteiger partial charge in [-0.3, -0.25) is 4.79 Å². The lowest BCUT2D eigenvalue weighted by atomic mass is 10.1. The summed E-state index contributed by atoms with van der Waals surface area (Å²) in [5, 5.41) is 2.76. The van der Waals surface area contributed by atoms with Crippen LogP contribution in [-0.2, 0) is 20.9 Å². The fourth-order valence-corrected chi connectivity index (χ4v) is 1.71. The maximum Gasteiger partial charge on any atom is 0.338 e. The van der Waals surface area contributed by atoms with Crippen LogP contribution in [0, 0.1) is 0 Å². The summed E-state index contributed by atoms with van der Waals surface area (Å²) in [6.45, 7) is 4.22. The van der Waals surface area contributed by atoms with Crippen molar-refractivity contribution in [2.24, 2.45) is 0 Å². The van der Waals surface area contributed by atoms with E-state index in [4.69, 9.17) is 9.47 Å². The lowest BCUT2D eigenvalue weighted by Crippen LogP contribution is -2.30. The van der Waals surface area contributed by atoms with Gasteiger partial charge in [0, 0.05) is 6.04 Å². The van der Waals surface area contributed by atoms with Crippen LogP contribution in [0.3, 0.4) is 0 Å². The molecule has 0 spiro atoms. The third-order valence-corrected chi connectivity index (χ3v) is 3.05. The van der Waals surface area contributed by atoms with E-state index in [1.165, 1.54) is 0 Å². The van der Waals surface area contributed by atoms with Gasteiger partial charge in [-0.25, -0.2) is 4.79 Å². The molecule has 0 aromatic heterocycles. The highest BCUT2D eigenvalue weighted by atomic mass is 16.5. The number of rotatable bonds is 7. The van der Waals surface area contributed by atoms with Crippen LogP contribution in [0.4, 0.5) is 0 Å². The summed E-state index contributed by atoms with van der Waals surface area (Å²) >= 11 is 0. The Hall–Kier alpha value is -1.88. The van der Waals surface area contributed by atoms with Crippen molar-refractivity contribution in [3.63, 3.8) is 0 Å². The van der Waals surface area contributed by atoms with Crippen LogP contribution in [0.1, 0.15) is 42.6 Å². The molecule has 114 valence electrons. The van der Waals surface area contributed by atoms with E-state index >= 15 is 0 Å². The van der Waals surface area contributed by atoms with Gasteiger partial charge < -0.3 is 14.8 Å². The van der Waals surface area contributed by atoms with Crippen LogP contribution in [0.15, 0.2) is 24.3 Å². The van der Waals surface area contributed by atoms with Crippen LogP contribution in [0.2, 0.25) is 0 Å². The molecule has 1 amide bonds. The molecule has 21 heavy (non-hydrogen) atoms. The molecule has 0 saturated heterocycles. The van der Waals surface area contributed by atoms with E-state index in [0.29, 0.717) is 12.2 Å². The van der Waals surface area contributed by atoms with Gasteiger partial charge in [-0.05, 0) is 44.4 Å². The predicted molar refractivity (Wildman–Crippen MR) is 77.8 cm³/mol. The average Bonchev–Trinajstić information content (AvgIpc) is 3.27. The van der Waals surface area contributed by atoms with Gasteiger partial charge >= 0.3 is 5.97 Å². The van der Waals surface area contributed by atoms with E-state index in [0.717, 1.165) is 18.4 Å². The van der Waals surface area contributed by atoms with Gasteiger partial charge in [0.05, 0.1) is 18.3 Å². The quantitative estimate of drug-likeness (QED) is 0.781. The Morgan fingerprint density at radius 1 is 1.24 bits per heavy atom. The van der Waals surface area contributed by atoms with E-state index in [1.54, 1.807) is 12.1 Å². The average molecular weight is 291 g/mol. The molecular formula is C16H21NO4. The van der Waals surface area contributed by atoms with Crippen molar-refractivity contribution in [2.75, 3.05) is 6.61 Å². The summed E-state index contributed by atoms with van der Waals surface area (Å²) in [4.78, 5) is 23.2. The monoisotopic (exact) mass is 291 g/mol. The van der Waals surface area contributed by atoms with Gasteiger partial charge in [0.25, 0.3) is 5.91 Å². The highest BCUT2D eigenvalue weighted by Gasteiger charge is 2.23. The van der Waals surface area contributed by atoms with Crippen molar-refractivity contribution in [3.05, 3.63) is 35.4 Å². The fraction of sp³-hybridized carbons (Fsp3) is 0.500. The second kappa shape index (κ2) is 7.22. The van der Waals surface area contributed by atoms with Gasteiger partial charge in [-0.2, -0.15) is 0 Å². The molecule has 0 unspecified atom stereocenters. The van der Waals surface area contributed by atoms with Crippen LogP contribution < -0.4 is 5.32 Å². The second-order valence-electron chi connectivity index (χ2n) is 5.47. The molecule has 0 heterocycles. The molecule has 0 atom stereocenters. The van der Waals surface area contributed by atoms with Gasteiger partial charge in [-0.1, -0.05) is 12.1 Å². The van der Waals surface area contributed by atoms with Gasteiger partial charge in [0.15, 0.2) is 6.61 Å². The van der Waals surface area contributed by atoms with Gasteiger partial charge in [-0.15, -0.1) is 0 Å². The summed E-state index contributed by atoms with van der Waals surface area (Å²) in [6, 6.07) is 7.28. The number of amides is 1. The topological polar surface area (TPSA) is 64.6 Å². The van der Waals surface area contributed by atoms with E-state index in [9.17, 15) is 9.59 Å².